The van der Waals surface area contributed by atoms with Gasteiger partial charge in [-0.2, -0.15) is 0 Å². The molecule has 0 aromatic heterocycles. The number of carboxylic acids is 1. The summed E-state index contributed by atoms with van der Waals surface area (Å²) in [6, 6.07) is 7.04. The Bertz CT molecular complexity index is 613. The summed E-state index contributed by atoms with van der Waals surface area (Å²) < 4.78 is 5.59. The number of likely N-dealkylation sites (tertiary alicyclic amines) is 1. The maximum absolute atomic E-state index is 12.9. The van der Waals surface area contributed by atoms with E-state index in [1.165, 1.54) is 0 Å². The van der Waals surface area contributed by atoms with Gasteiger partial charge in [0.25, 0.3) is 0 Å². The van der Waals surface area contributed by atoms with Crippen molar-refractivity contribution in [1.82, 2.24) is 4.90 Å². The quantitative estimate of drug-likeness (QED) is 0.924. The van der Waals surface area contributed by atoms with E-state index in [1.54, 1.807) is 4.90 Å². The number of carbonyl (C=O) groups is 2. The van der Waals surface area contributed by atoms with Gasteiger partial charge in [-0.1, -0.05) is 38.1 Å². The van der Waals surface area contributed by atoms with Crippen LogP contribution >= 0.6 is 0 Å². The number of benzene rings is 1. The van der Waals surface area contributed by atoms with Crippen LogP contribution in [0.5, 0.6) is 0 Å². The monoisotopic (exact) mass is 317 g/mol. The highest BCUT2D eigenvalue weighted by Crippen LogP contribution is 2.34. The molecule has 1 amide bonds. The maximum atomic E-state index is 12.9. The Morgan fingerprint density at radius 3 is 2.78 bits per heavy atom. The van der Waals surface area contributed by atoms with E-state index in [9.17, 15) is 14.7 Å². The van der Waals surface area contributed by atoms with E-state index < -0.39 is 12.0 Å². The summed E-state index contributed by atoms with van der Waals surface area (Å²) in [6.45, 7) is 4.80. The van der Waals surface area contributed by atoms with Crippen LogP contribution < -0.4 is 0 Å². The molecule has 5 heteroatoms. The highest BCUT2D eigenvalue weighted by atomic mass is 16.5. The lowest BCUT2D eigenvalue weighted by Crippen LogP contribution is -2.46. The molecule has 5 nitrogen and oxygen atoms in total. The molecule has 2 aliphatic heterocycles. The number of hydrogen-bond donors (Lipinski definition) is 1. The van der Waals surface area contributed by atoms with Gasteiger partial charge < -0.3 is 14.7 Å². The third-order valence-corrected chi connectivity index (χ3v) is 4.92. The van der Waals surface area contributed by atoms with Gasteiger partial charge in [-0.25, -0.2) is 4.79 Å². The summed E-state index contributed by atoms with van der Waals surface area (Å²) in [5, 5.41) is 9.45. The number of nitrogens with zero attached hydrogens (tertiary/aromatic N) is 1. The van der Waals surface area contributed by atoms with Gasteiger partial charge in [0.15, 0.2) is 0 Å². The molecule has 3 atom stereocenters. The third kappa shape index (κ3) is 2.98. The molecule has 0 radical (unpaired) electrons. The number of ether oxygens (including phenoxy) is 1. The molecule has 2 heterocycles. The highest BCUT2D eigenvalue weighted by Gasteiger charge is 2.49. The van der Waals surface area contributed by atoms with Gasteiger partial charge in [0.2, 0.25) is 5.91 Å². The molecule has 0 aliphatic carbocycles. The van der Waals surface area contributed by atoms with Crippen LogP contribution in [0.25, 0.3) is 0 Å². The molecule has 1 aromatic carbocycles. The first-order valence-electron chi connectivity index (χ1n) is 8.22. The molecule has 23 heavy (non-hydrogen) atoms. The van der Waals surface area contributed by atoms with E-state index in [2.05, 4.69) is 13.8 Å². The van der Waals surface area contributed by atoms with Gasteiger partial charge in [0.05, 0.1) is 18.6 Å². The summed E-state index contributed by atoms with van der Waals surface area (Å²) in [4.78, 5) is 25.9. The number of rotatable bonds is 4. The summed E-state index contributed by atoms with van der Waals surface area (Å²) in [5.74, 6) is -0.715. The van der Waals surface area contributed by atoms with Gasteiger partial charge in [0.1, 0.15) is 6.04 Å². The Hall–Kier alpha value is -1.88. The predicted molar refractivity (Wildman–Crippen MR) is 85.3 cm³/mol. The van der Waals surface area contributed by atoms with Crippen molar-refractivity contribution in [3.8, 4) is 0 Å². The molecule has 3 rings (SSSR count). The number of fused-ring (bicyclic) bond motifs is 1. The van der Waals surface area contributed by atoms with E-state index in [4.69, 9.17) is 4.74 Å². The minimum absolute atomic E-state index is 0.0881. The van der Waals surface area contributed by atoms with E-state index in [0.717, 1.165) is 17.5 Å². The molecule has 1 N–H and O–H groups in total. The van der Waals surface area contributed by atoms with Crippen LogP contribution in [0.4, 0.5) is 0 Å². The lowest BCUT2D eigenvalue weighted by Gasteiger charge is -2.27. The molecule has 2 aliphatic rings. The van der Waals surface area contributed by atoms with Gasteiger partial charge in [-0.3, -0.25) is 4.79 Å². The number of aliphatic carboxylic acids is 1. The number of amides is 1. The zero-order valence-electron chi connectivity index (χ0n) is 13.6. The van der Waals surface area contributed by atoms with Crippen LogP contribution in [0.2, 0.25) is 0 Å². The van der Waals surface area contributed by atoms with Gasteiger partial charge in [0, 0.05) is 13.0 Å². The number of hydrogen-bond acceptors (Lipinski definition) is 3. The average molecular weight is 317 g/mol. The van der Waals surface area contributed by atoms with Gasteiger partial charge >= 0.3 is 5.97 Å². The maximum Gasteiger partial charge on any atom is 0.326 e. The lowest BCUT2D eigenvalue weighted by molar-refractivity contribution is -0.149. The zero-order valence-corrected chi connectivity index (χ0v) is 13.6. The fourth-order valence-corrected chi connectivity index (χ4v) is 3.84. The Kier molecular flexibility index (Phi) is 4.39. The Labute approximate surface area is 136 Å². The minimum atomic E-state index is -0.937. The zero-order chi connectivity index (χ0) is 16.6. The molecule has 1 aromatic rings. The largest absolute Gasteiger partial charge is 0.480 e. The van der Waals surface area contributed by atoms with E-state index in [1.807, 2.05) is 24.3 Å². The van der Waals surface area contributed by atoms with Crippen molar-refractivity contribution in [3.63, 3.8) is 0 Å². The van der Waals surface area contributed by atoms with Crippen molar-refractivity contribution >= 4 is 11.9 Å². The first-order valence-corrected chi connectivity index (χ1v) is 8.22. The molecule has 0 unspecified atom stereocenters. The van der Waals surface area contributed by atoms with Crippen LogP contribution in [-0.2, 0) is 20.7 Å². The van der Waals surface area contributed by atoms with Crippen LogP contribution in [0.1, 0.15) is 43.7 Å². The number of carbonyl (C=O) groups excluding carboxylic acids is 1. The topological polar surface area (TPSA) is 66.8 Å². The predicted octanol–water partition coefficient (Wildman–Crippen LogP) is 2.20. The fraction of sp³-hybridized carbons (Fsp3) is 0.556. The normalized spacial score (nSPS) is 26.6. The van der Waals surface area contributed by atoms with Crippen molar-refractivity contribution in [2.24, 2.45) is 0 Å². The molecule has 2 fully saturated rings. The van der Waals surface area contributed by atoms with Crippen LogP contribution in [0.3, 0.4) is 0 Å². The molecule has 2 saturated heterocycles. The molecular weight excluding hydrogens is 294 g/mol. The Balaban J connectivity index is 1.83. The lowest BCUT2D eigenvalue weighted by atomic mass is 9.95. The van der Waals surface area contributed by atoms with E-state index >= 15 is 0 Å². The highest BCUT2D eigenvalue weighted by molar-refractivity contribution is 5.86. The summed E-state index contributed by atoms with van der Waals surface area (Å²) in [5.41, 5.74) is 2.13. The van der Waals surface area contributed by atoms with Crippen molar-refractivity contribution in [3.05, 3.63) is 35.4 Å². The molecule has 124 valence electrons. The summed E-state index contributed by atoms with van der Waals surface area (Å²) in [7, 11) is 0. The first-order chi connectivity index (χ1) is 11.0. The smallest absolute Gasteiger partial charge is 0.326 e. The van der Waals surface area contributed by atoms with Gasteiger partial charge in [-0.05, 0) is 23.5 Å². The van der Waals surface area contributed by atoms with Crippen LogP contribution in [0, 0.1) is 0 Å². The third-order valence-electron chi connectivity index (χ3n) is 4.92. The van der Waals surface area contributed by atoms with Crippen molar-refractivity contribution in [1.29, 1.82) is 0 Å². The second-order valence-electron chi connectivity index (χ2n) is 6.69. The average Bonchev–Trinajstić information content (AvgIpc) is 3.07. The van der Waals surface area contributed by atoms with Crippen molar-refractivity contribution in [2.45, 2.75) is 57.2 Å². The molecule has 0 bridgehead atoms. The SMILES string of the molecule is CC(C)c1ccccc1CC(=O)N1[C@H](C(=O)O)C[C@@H]2OCC[C@@H]21. The molecular formula is C18H23NO4. The standard InChI is InChI=1S/C18H23NO4/c1-11(2)13-6-4-3-5-12(13)9-17(20)19-14-7-8-23-16(14)10-15(19)18(21)22/h3-6,11,14-16H,7-10H2,1-2H3,(H,21,22)/t14-,15-,16-/m0/s1. The van der Waals surface area contributed by atoms with Crippen LogP contribution in [-0.4, -0.2) is 46.7 Å². The molecule has 0 saturated carbocycles. The second kappa shape index (κ2) is 6.32. The van der Waals surface area contributed by atoms with E-state index in [-0.39, 0.29) is 24.5 Å². The van der Waals surface area contributed by atoms with Crippen molar-refractivity contribution in [2.75, 3.05) is 6.61 Å². The first kappa shape index (κ1) is 16.0. The van der Waals surface area contributed by atoms with Crippen molar-refractivity contribution < 1.29 is 19.4 Å². The minimum Gasteiger partial charge on any atom is -0.480 e. The number of carboxylic acid groups (broad SMARTS) is 1. The Morgan fingerprint density at radius 2 is 2.09 bits per heavy atom. The fourth-order valence-electron chi connectivity index (χ4n) is 3.84. The summed E-state index contributed by atoms with van der Waals surface area (Å²) >= 11 is 0. The summed E-state index contributed by atoms with van der Waals surface area (Å²) in [6.07, 6.45) is 1.26. The second-order valence-corrected chi connectivity index (χ2v) is 6.69. The van der Waals surface area contributed by atoms with Gasteiger partial charge in [-0.15, -0.1) is 0 Å². The molecule has 0 spiro atoms. The Morgan fingerprint density at radius 1 is 1.35 bits per heavy atom. The van der Waals surface area contributed by atoms with Crippen LogP contribution in [0.15, 0.2) is 24.3 Å². The van der Waals surface area contributed by atoms with E-state index in [0.29, 0.717) is 18.9 Å².